The van der Waals surface area contributed by atoms with Crippen molar-refractivity contribution in [3.63, 3.8) is 0 Å². The molecule has 0 atom stereocenters. The molecule has 1 N–H and O–H groups in total. The minimum atomic E-state index is -0.670. The van der Waals surface area contributed by atoms with E-state index >= 15 is 0 Å². The number of aryl methyl sites for hydroxylation is 1. The molecule has 8 nitrogen and oxygen atoms in total. The zero-order chi connectivity index (χ0) is 20.5. The molecule has 3 aromatic rings. The fourth-order valence-electron chi connectivity index (χ4n) is 2.40. The van der Waals surface area contributed by atoms with Crippen LogP contribution in [0.1, 0.15) is 16.1 Å². The lowest BCUT2D eigenvalue weighted by Gasteiger charge is -2.12. The fourth-order valence-corrected chi connectivity index (χ4v) is 2.40. The molecule has 0 radical (unpaired) electrons. The third kappa shape index (κ3) is 6.10. The molecule has 2 aromatic carbocycles. The van der Waals surface area contributed by atoms with Gasteiger partial charge in [-0.1, -0.05) is 35.5 Å². The zero-order valence-corrected chi connectivity index (χ0v) is 15.8. The number of benzene rings is 2. The molecule has 0 aliphatic rings. The highest BCUT2D eigenvalue weighted by atomic mass is 16.5. The monoisotopic (exact) mass is 396 g/mol. The molecule has 3 rings (SSSR count). The highest BCUT2D eigenvalue weighted by Crippen LogP contribution is 2.19. The lowest BCUT2D eigenvalue weighted by Crippen LogP contribution is -2.21. The summed E-state index contributed by atoms with van der Waals surface area (Å²) in [6.07, 6.45) is 0. The van der Waals surface area contributed by atoms with Gasteiger partial charge in [0, 0.05) is 6.07 Å². The van der Waals surface area contributed by atoms with Gasteiger partial charge in [0.15, 0.2) is 12.4 Å². The molecule has 1 amide bonds. The van der Waals surface area contributed by atoms with Crippen LogP contribution >= 0.6 is 0 Å². The Morgan fingerprint density at radius 3 is 2.48 bits per heavy atom. The number of ether oxygens (including phenoxy) is 3. The van der Waals surface area contributed by atoms with Gasteiger partial charge in [-0.25, -0.2) is 4.79 Å². The zero-order valence-electron chi connectivity index (χ0n) is 15.8. The van der Waals surface area contributed by atoms with Crippen molar-refractivity contribution in [3.8, 4) is 11.5 Å². The van der Waals surface area contributed by atoms with E-state index in [4.69, 9.17) is 18.7 Å². The van der Waals surface area contributed by atoms with Gasteiger partial charge in [-0.2, -0.15) is 0 Å². The van der Waals surface area contributed by atoms with Crippen LogP contribution in [0.3, 0.4) is 0 Å². The number of anilines is 1. The first-order chi connectivity index (χ1) is 14.1. The number of amides is 1. The van der Waals surface area contributed by atoms with E-state index in [9.17, 15) is 9.59 Å². The van der Waals surface area contributed by atoms with Crippen LogP contribution < -0.4 is 14.8 Å². The molecule has 0 saturated carbocycles. The molecule has 1 heterocycles. The van der Waals surface area contributed by atoms with Gasteiger partial charge >= 0.3 is 5.97 Å². The summed E-state index contributed by atoms with van der Waals surface area (Å²) in [5, 5.41) is 6.11. The smallest absolute Gasteiger partial charge is 0.342 e. The van der Waals surface area contributed by atoms with Gasteiger partial charge in [0.1, 0.15) is 36.0 Å². The second-order valence-electron chi connectivity index (χ2n) is 5.95. The van der Waals surface area contributed by atoms with Crippen molar-refractivity contribution in [3.05, 3.63) is 72.0 Å². The second-order valence-corrected chi connectivity index (χ2v) is 5.95. The predicted molar refractivity (Wildman–Crippen MR) is 104 cm³/mol. The number of para-hydroxylation sites is 2. The second kappa shape index (κ2) is 9.93. The first-order valence-electron chi connectivity index (χ1n) is 8.92. The van der Waals surface area contributed by atoms with E-state index in [0.29, 0.717) is 18.1 Å². The summed E-state index contributed by atoms with van der Waals surface area (Å²) >= 11 is 0. The largest absolute Gasteiger partial charge is 0.490 e. The molecule has 0 aliphatic carbocycles. The van der Waals surface area contributed by atoms with Crippen LogP contribution in [0.4, 0.5) is 5.82 Å². The van der Waals surface area contributed by atoms with Crippen molar-refractivity contribution in [2.75, 3.05) is 25.1 Å². The van der Waals surface area contributed by atoms with Crippen LogP contribution in [0.5, 0.6) is 11.5 Å². The molecular weight excluding hydrogens is 376 g/mol. The number of hydrogen-bond donors (Lipinski definition) is 1. The standard InChI is InChI=1S/C21H20N2O6/c1-15-13-19(23-29-15)22-20(24)14-28-21(25)17-9-5-6-10-18(17)27-12-11-26-16-7-3-2-4-8-16/h2-10,13H,11-12,14H2,1H3,(H,22,23,24). The van der Waals surface area contributed by atoms with Crippen molar-refractivity contribution in [2.24, 2.45) is 0 Å². The Hall–Kier alpha value is -3.81. The molecule has 29 heavy (non-hydrogen) atoms. The van der Waals surface area contributed by atoms with Gasteiger partial charge < -0.3 is 24.1 Å². The van der Waals surface area contributed by atoms with Crippen molar-refractivity contribution < 1.29 is 28.3 Å². The van der Waals surface area contributed by atoms with Gasteiger partial charge in [-0.05, 0) is 31.2 Å². The topological polar surface area (TPSA) is 99.9 Å². The van der Waals surface area contributed by atoms with Gasteiger partial charge in [-0.15, -0.1) is 0 Å². The van der Waals surface area contributed by atoms with E-state index in [1.807, 2.05) is 30.3 Å². The van der Waals surface area contributed by atoms with Crippen molar-refractivity contribution >= 4 is 17.7 Å². The summed E-state index contributed by atoms with van der Waals surface area (Å²) in [5.41, 5.74) is 0.220. The molecule has 0 aliphatic heterocycles. The maximum absolute atomic E-state index is 12.3. The number of carbonyl (C=O) groups is 2. The lowest BCUT2D eigenvalue weighted by molar-refractivity contribution is -0.119. The predicted octanol–water partition coefficient (Wildman–Crippen LogP) is 3.24. The van der Waals surface area contributed by atoms with Crippen LogP contribution in [-0.2, 0) is 9.53 Å². The van der Waals surface area contributed by atoms with Gasteiger partial charge in [0.2, 0.25) is 0 Å². The minimum absolute atomic E-state index is 0.220. The van der Waals surface area contributed by atoms with Gasteiger partial charge in [-0.3, -0.25) is 4.79 Å². The maximum Gasteiger partial charge on any atom is 0.342 e. The summed E-state index contributed by atoms with van der Waals surface area (Å²) < 4.78 is 21.1. The Balaban J connectivity index is 1.48. The molecule has 0 unspecified atom stereocenters. The van der Waals surface area contributed by atoms with Crippen LogP contribution in [0, 0.1) is 6.92 Å². The highest BCUT2D eigenvalue weighted by molar-refractivity contribution is 5.96. The Morgan fingerprint density at radius 1 is 1.00 bits per heavy atom. The number of nitrogens with zero attached hydrogens (tertiary/aromatic N) is 1. The molecule has 1 aromatic heterocycles. The average Bonchev–Trinajstić information content (AvgIpc) is 3.15. The Labute approximate surface area is 167 Å². The van der Waals surface area contributed by atoms with Crippen molar-refractivity contribution in [1.82, 2.24) is 5.16 Å². The molecule has 8 heteroatoms. The Morgan fingerprint density at radius 2 is 1.72 bits per heavy atom. The van der Waals surface area contributed by atoms with E-state index in [2.05, 4.69) is 10.5 Å². The number of rotatable bonds is 9. The molecule has 150 valence electrons. The van der Waals surface area contributed by atoms with E-state index in [-0.39, 0.29) is 18.0 Å². The van der Waals surface area contributed by atoms with Gasteiger partial charge in [0.25, 0.3) is 5.91 Å². The number of esters is 1. The Bertz CT molecular complexity index is 955. The van der Waals surface area contributed by atoms with Crippen molar-refractivity contribution in [1.29, 1.82) is 0 Å². The third-order valence-corrected chi connectivity index (χ3v) is 3.69. The average molecular weight is 396 g/mol. The number of carbonyl (C=O) groups excluding carboxylic acids is 2. The Kier molecular flexibility index (Phi) is 6.83. The van der Waals surface area contributed by atoms with Crippen LogP contribution in [0.2, 0.25) is 0 Å². The highest BCUT2D eigenvalue weighted by Gasteiger charge is 2.16. The first-order valence-corrected chi connectivity index (χ1v) is 8.92. The minimum Gasteiger partial charge on any atom is -0.490 e. The van der Waals surface area contributed by atoms with Crippen LogP contribution in [-0.4, -0.2) is 36.9 Å². The van der Waals surface area contributed by atoms with E-state index in [0.717, 1.165) is 5.75 Å². The number of aromatic nitrogens is 1. The summed E-state index contributed by atoms with van der Waals surface area (Å²) in [5.74, 6) is 0.696. The normalized spacial score (nSPS) is 10.2. The quantitative estimate of drug-likeness (QED) is 0.438. The van der Waals surface area contributed by atoms with Gasteiger partial charge in [0.05, 0.1) is 0 Å². The van der Waals surface area contributed by atoms with E-state index in [1.54, 1.807) is 37.3 Å². The first kappa shape index (κ1) is 19.9. The van der Waals surface area contributed by atoms with Crippen LogP contribution in [0.25, 0.3) is 0 Å². The fraction of sp³-hybridized carbons (Fsp3) is 0.190. The molecule has 0 bridgehead atoms. The van der Waals surface area contributed by atoms with E-state index < -0.39 is 18.5 Å². The lowest BCUT2D eigenvalue weighted by atomic mass is 10.2. The summed E-state index contributed by atoms with van der Waals surface area (Å²) in [4.78, 5) is 24.2. The SMILES string of the molecule is Cc1cc(NC(=O)COC(=O)c2ccccc2OCCOc2ccccc2)no1. The third-order valence-electron chi connectivity index (χ3n) is 3.69. The summed E-state index contributed by atoms with van der Waals surface area (Å²) in [6.45, 7) is 1.79. The molecular formula is C21H20N2O6. The number of hydrogen-bond acceptors (Lipinski definition) is 7. The summed E-state index contributed by atoms with van der Waals surface area (Å²) in [6, 6.07) is 17.5. The van der Waals surface area contributed by atoms with E-state index in [1.165, 1.54) is 0 Å². The van der Waals surface area contributed by atoms with Crippen LogP contribution in [0.15, 0.2) is 65.2 Å². The molecule has 0 saturated heterocycles. The van der Waals surface area contributed by atoms with Crippen molar-refractivity contribution in [2.45, 2.75) is 6.92 Å². The summed E-state index contributed by atoms with van der Waals surface area (Å²) in [7, 11) is 0. The number of nitrogens with one attached hydrogen (secondary N) is 1. The molecule has 0 fully saturated rings. The molecule has 0 spiro atoms. The maximum atomic E-state index is 12.3.